The van der Waals surface area contributed by atoms with Crippen LogP contribution in [-0.4, -0.2) is 0 Å². The first-order valence-corrected chi connectivity index (χ1v) is 13.7. The monoisotopic (exact) mass is 424 g/mol. The summed E-state index contributed by atoms with van der Waals surface area (Å²) >= 11 is 0. The van der Waals surface area contributed by atoms with Crippen LogP contribution in [0.3, 0.4) is 0 Å². The summed E-state index contributed by atoms with van der Waals surface area (Å²) in [7, 11) is 0. The first kappa shape index (κ1) is 19.9. The van der Waals surface area contributed by atoms with Gasteiger partial charge in [0, 0.05) is 11.3 Å². The fraction of sp³-hybridized carbons (Fsp3) is 0.625. The molecule has 0 nitrogen and oxygen atoms in total. The lowest BCUT2D eigenvalue weighted by Gasteiger charge is -2.60. The molecule has 8 aliphatic rings. The van der Waals surface area contributed by atoms with Crippen LogP contribution in [0.4, 0.5) is 0 Å². The van der Waals surface area contributed by atoms with Gasteiger partial charge in [0.05, 0.1) is 0 Å². The van der Waals surface area contributed by atoms with Crippen LogP contribution >= 0.6 is 0 Å². The molecule has 0 amide bonds. The number of allylic oxidation sites excluding steroid dienone is 12. The maximum absolute atomic E-state index is 2.71. The molecule has 168 valence electrons. The molecule has 32 heavy (non-hydrogen) atoms. The van der Waals surface area contributed by atoms with Crippen molar-refractivity contribution >= 4 is 0 Å². The summed E-state index contributed by atoms with van der Waals surface area (Å²) in [6.07, 6.45) is 29.1. The highest BCUT2D eigenvalue weighted by atomic mass is 14.6. The van der Waals surface area contributed by atoms with Gasteiger partial charge in [-0.3, -0.25) is 0 Å². The van der Waals surface area contributed by atoms with Gasteiger partial charge in [0.25, 0.3) is 0 Å². The Labute approximate surface area is 195 Å². The normalized spacial score (nSPS) is 41.9. The van der Waals surface area contributed by atoms with Crippen molar-refractivity contribution in [1.29, 1.82) is 0 Å². The third kappa shape index (κ3) is 2.56. The molecule has 0 radical (unpaired) electrons. The Kier molecular flexibility index (Phi) is 4.18. The summed E-state index contributed by atoms with van der Waals surface area (Å²) in [6.45, 7) is 7.76. The minimum absolute atomic E-state index is 0.136. The summed E-state index contributed by atoms with van der Waals surface area (Å²) in [5.74, 6) is 4.56. The van der Waals surface area contributed by atoms with Crippen molar-refractivity contribution in [3.05, 3.63) is 69.9 Å². The number of hydrogen-bond acceptors (Lipinski definition) is 0. The van der Waals surface area contributed by atoms with Crippen LogP contribution in [0.5, 0.6) is 0 Å². The lowest BCUT2D eigenvalue weighted by molar-refractivity contribution is -0.0753. The van der Waals surface area contributed by atoms with Gasteiger partial charge in [0.1, 0.15) is 0 Å². The summed E-state index contributed by atoms with van der Waals surface area (Å²) in [6, 6.07) is 0. The molecule has 8 aliphatic carbocycles. The Bertz CT molecular complexity index is 1020. The number of hydrogen-bond donors (Lipinski definition) is 0. The average molecular weight is 425 g/mol. The molecule has 0 spiro atoms. The highest BCUT2D eigenvalue weighted by Gasteiger charge is 2.56. The number of rotatable bonds is 3. The third-order valence-electron chi connectivity index (χ3n) is 11.2. The van der Waals surface area contributed by atoms with E-state index >= 15 is 0 Å². The minimum atomic E-state index is 0.136. The summed E-state index contributed by atoms with van der Waals surface area (Å²) in [4.78, 5) is 0. The molecular formula is C32H40. The zero-order chi connectivity index (χ0) is 21.7. The molecule has 0 heteroatoms. The Morgan fingerprint density at radius 2 is 1.62 bits per heavy atom. The quantitative estimate of drug-likeness (QED) is 0.398. The largest absolute Gasteiger partial charge is 0.0873 e. The number of fused-ring (bicyclic) bond motifs is 2. The van der Waals surface area contributed by atoms with Crippen LogP contribution in [0.15, 0.2) is 69.9 Å². The van der Waals surface area contributed by atoms with E-state index < -0.39 is 0 Å². The fourth-order valence-electron chi connectivity index (χ4n) is 9.64. The van der Waals surface area contributed by atoms with E-state index in [1.54, 1.807) is 39.9 Å². The van der Waals surface area contributed by atoms with Crippen LogP contribution in [0, 0.1) is 40.4 Å². The first-order chi connectivity index (χ1) is 15.5. The molecule has 8 rings (SSSR count). The van der Waals surface area contributed by atoms with Gasteiger partial charge in [0.2, 0.25) is 0 Å². The van der Waals surface area contributed by atoms with Gasteiger partial charge in [-0.15, -0.1) is 0 Å². The van der Waals surface area contributed by atoms with E-state index in [2.05, 4.69) is 57.2 Å². The van der Waals surface area contributed by atoms with Crippen LogP contribution in [0.2, 0.25) is 0 Å². The van der Waals surface area contributed by atoms with E-state index in [0.29, 0.717) is 11.3 Å². The van der Waals surface area contributed by atoms with Gasteiger partial charge in [-0.25, -0.2) is 0 Å². The van der Waals surface area contributed by atoms with Crippen molar-refractivity contribution in [2.24, 2.45) is 40.4 Å². The molecule has 0 aliphatic heterocycles. The molecule has 0 aromatic carbocycles. The van der Waals surface area contributed by atoms with Crippen molar-refractivity contribution in [3.8, 4) is 0 Å². The molecule has 0 heterocycles. The van der Waals surface area contributed by atoms with Crippen molar-refractivity contribution in [2.45, 2.75) is 85.0 Å². The lowest BCUT2D eigenvalue weighted by Crippen LogP contribution is -2.52. The second-order valence-electron chi connectivity index (χ2n) is 13.0. The topological polar surface area (TPSA) is 0 Å². The Balaban J connectivity index is 1.25. The standard InChI is InChI=1S/C32H40/c1-31(2,30-28-10-6-4-8-26(28)27-9-5-7-11-29(27)30)22-12-13-23(19-22)32(3)24-15-20-14-21(17-24)18-25(32)16-20/h6-7,10-11,13,19-21,24-25,28H,4-5,8-9,12,14-18H2,1-3H3. The van der Waals surface area contributed by atoms with Gasteiger partial charge in [-0.1, -0.05) is 68.4 Å². The Morgan fingerprint density at radius 3 is 2.38 bits per heavy atom. The van der Waals surface area contributed by atoms with Gasteiger partial charge in [-0.2, -0.15) is 0 Å². The molecule has 4 bridgehead atoms. The van der Waals surface area contributed by atoms with E-state index in [9.17, 15) is 0 Å². The van der Waals surface area contributed by atoms with E-state index in [1.165, 1.54) is 57.8 Å². The van der Waals surface area contributed by atoms with Crippen LogP contribution in [0.25, 0.3) is 0 Å². The van der Waals surface area contributed by atoms with Crippen molar-refractivity contribution in [3.63, 3.8) is 0 Å². The Hall–Kier alpha value is -1.56. The third-order valence-corrected chi connectivity index (χ3v) is 11.2. The minimum Gasteiger partial charge on any atom is -0.0873 e. The van der Waals surface area contributed by atoms with Crippen molar-refractivity contribution in [2.75, 3.05) is 0 Å². The van der Waals surface area contributed by atoms with E-state index in [-0.39, 0.29) is 5.41 Å². The maximum atomic E-state index is 2.71. The predicted molar refractivity (Wildman–Crippen MR) is 134 cm³/mol. The second kappa shape index (κ2) is 6.74. The maximum Gasteiger partial charge on any atom is 0.0211 e. The highest BCUT2D eigenvalue weighted by molar-refractivity contribution is 5.62. The molecule has 0 aromatic rings. The fourth-order valence-corrected chi connectivity index (χ4v) is 9.64. The van der Waals surface area contributed by atoms with Crippen LogP contribution in [0.1, 0.15) is 85.0 Å². The highest BCUT2D eigenvalue weighted by Crippen LogP contribution is 2.66. The van der Waals surface area contributed by atoms with E-state index in [0.717, 1.165) is 23.7 Å². The second-order valence-corrected chi connectivity index (χ2v) is 13.0. The van der Waals surface area contributed by atoms with Gasteiger partial charge in [-0.05, 0) is 116 Å². The van der Waals surface area contributed by atoms with Gasteiger partial charge in [0.15, 0.2) is 0 Å². The summed E-state index contributed by atoms with van der Waals surface area (Å²) < 4.78 is 0. The molecule has 4 saturated carbocycles. The molecule has 0 N–H and O–H groups in total. The van der Waals surface area contributed by atoms with Crippen molar-refractivity contribution < 1.29 is 0 Å². The van der Waals surface area contributed by atoms with Crippen LogP contribution < -0.4 is 0 Å². The van der Waals surface area contributed by atoms with Crippen LogP contribution in [-0.2, 0) is 0 Å². The summed E-state index contributed by atoms with van der Waals surface area (Å²) in [5.41, 5.74) is 10.8. The first-order valence-electron chi connectivity index (χ1n) is 13.7. The summed E-state index contributed by atoms with van der Waals surface area (Å²) in [5, 5.41) is 0. The molecule has 1 atom stereocenters. The van der Waals surface area contributed by atoms with Crippen molar-refractivity contribution in [1.82, 2.24) is 0 Å². The molecule has 0 saturated heterocycles. The molecule has 4 fully saturated rings. The lowest BCUT2D eigenvalue weighted by atomic mass is 9.44. The zero-order valence-corrected chi connectivity index (χ0v) is 20.4. The molecular weight excluding hydrogens is 384 g/mol. The predicted octanol–water partition coefficient (Wildman–Crippen LogP) is 8.65. The van der Waals surface area contributed by atoms with Gasteiger partial charge >= 0.3 is 0 Å². The Morgan fingerprint density at radius 1 is 0.906 bits per heavy atom. The average Bonchev–Trinajstić information content (AvgIpc) is 3.41. The molecule has 0 aromatic heterocycles. The van der Waals surface area contributed by atoms with E-state index in [4.69, 9.17) is 0 Å². The molecule has 1 unspecified atom stereocenters. The van der Waals surface area contributed by atoms with Gasteiger partial charge < -0.3 is 0 Å². The van der Waals surface area contributed by atoms with E-state index in [1.807, 2.05) is 0 Å². The smallest absolute Gasteiger partial charge is 0.0211 e. The zero-order valence-electron chi connectivity index (χ0n) is 20.4. The SMILES string of the molecule is CC(C)(C1=CC(C2(C)C3CC4CC(C3)CC2C4)=CC1)C1=C2C=CCCC2=C2CCC=CC21.